The molecular formula is C19H26N4O5S. The monoisotopic (exact) mass is 422 g/mol. The fourth-order valence-corrected chi connectivity index (χ4v) is 5.02. The van der Waals surface area contributed by atoms with E-state index in [1.165, 1.54) is 18.5 Å². The number of hydrogen-bond donors (Lipinski definition) is 0. The van der Waals surface area contributed by atoms with Crippen molar-refractivity contribution in [1.29, 1.82) is 0 Å². The van der Waals surface area contributed by atoms with E-state index >= 15 is 0 Å². The van der Waals surface area contributed by atoms with E-state index in [9.17, 15) is 8.42 Å². The molecule has 0 radical (unpaired) electrons. The van der Waals surface area contributed by atoms with Gasteiger partial charge in [0.25, 0.3) is 0 Å². The molecule has 0 amide bonds. The number of methoxy groups -OCH3 is 3. The quantitative estimate of drug-likeness (QED) is 0.693. The molecule has 2 heterocycles. The van der Waals surface area contributed by atoms with Crippen molar-refractivity contribution >= 4 is 15.8 Å². The van der Waals surface area contributed by atoms with Gasteiger partial charge >= 0.3 is 6.01 Å². The summed E-state index contributed by atoms with van der Waals surface area (Å²) in [5, 5.41) is 0. The highest BCUT2D eigenvalue weighted by atomic mass is 32.2. The predicted octanol–water partition coefficient (Wildman–Crippen LogP) is 1.63. The molecule has 1 aromatic carbocycles. The molecule has 0 saturated carbocycles. The molecular weight excluding hydrogens is 396 g/mol. The van der Waals surface area contributed by atoms with Crippen LogP contribution in [0.2, 0.25) is 0 Å². The van der Waals surface area contributed by atoms with Crippen molar-refractivity contribution in [2.24, 2.45) is 0 Å². The average Bonchev–Trinajstić information content (AvgIpc) is 2.74. The van der Waals surface area contributed by atoms with E-state index in [1.54, 1.807) is 32.2 Å². The first-order valence-electron chi connectivity index (χ1n) is 9.17. The molecule has 158 valence electrons. The van der Waals surface area contributed by atoms with Gasteiger partial charge in [-0.15, -0.1) is 0 Å². The molecule has 0 aliphatic carbocycles. The molecule has 1 aromatic heterocycles. The first-order chi connectivity index (χ1) is 13.8. The van der Waals surface area contributed by atoms with Crippen LogP contribution in [-0.2, 0) is 10.0 Å². The topological polar surface area (TPSA) is 94.1 Å². The third kappa shape index (κ3) is 4.23. The molecule has 1 aliphatic heterocycles. The molecule has 10 heteroatoms. The van der Waals surface area contributed by atoms with Crippen LogP contribution in [0.1, 0.15) is 11.1 Å². The lowest BCUT2D eigenvalue weighted by Crippen LogP contribution is -2.49. The fourth-order valence-electron chi connectivity index (χ4n) is 3.31. The van der Waals surface area contributed by atoms with E-state index in [1.807, 2.05) is 11.8 Å². The highest BCUT2D eigenvalue weighted by Gasteiger charge is 2.31. The Balaban J connectivity index is 1.79. The van der Waals surface area contributed by atoms with Gasteiger partial charge < -0.3 is 19.1 Å². The van der Waals surface area contributed by atoms with Gasteiger partial charge in [-0.25, -0.2) is 8.42 Å². The Morgan fingerprint density at radius 3 is 2.14 bits per heavy atom. The van der Waals surface area contributed by atoms with Crippen molar-refractivity contribution in [1.82, 2.24) is 14.3 Å². The van der Waals surface area contributed by atoms with Crippen molar-refractivity contribution in [2.75, 3.05) is 52.4 Å². The molecule has 0 unspecified atom stereocenters. The summed E-state index contributed by atoms with van der Waals surface area (Å²) in [6.45, 7) is 5.31. The summed E-state index contributed by atoms with van der Waals surface area (Å²) in [7, 11) is 0.985. The minimum Gasteiger partial charge on any atom is -0.496 e. The van der Waals surface area contributed by atoms with Gasteiger partial charge in [0.1, 0.15) is 11.6 Å². The summed E-state index contributed by atoms with van der Waals surface area (Å²) in [4.78, 5) is 10.7. The number of hydrogen-bond acceptors (Lipinski definition) is 8. The number of anilines is 1. The van der Waals surface area contributed by atoms with Gasteiger partial charge in [-0.2, -0.15) is 14.3 Å². The van der Waals surface area contributed by atoms with Gasteiger partial charge in [-0.05, 0) is 37.1 Å². The van der Waals surface area contributed by atoms with Crippen molar-refractivity contribution in [3.8, 4) is 17.6 Å². The summed E-state index contributed by atoms with van der Waals surface area (Å²) in [5.74, 6) is 1.71. The molecule has 0 N–H and O–H groups in total. The van der Waals surface area contributed by atoms with Crippen LogP contribution in [0.4, 0.5) is 5.82 Å². The normalized spacial score (nSPS) is 15.3. The summed E-state index contributed by atoms with van der Waals surface area (Å²) in [5.41, 5.74) is 1.45. The summed E-state index contributed by atoms with van der Waals surface area (Å²) >= 11 is 0. The number of benzene rings is 1. The van der Waals surface area contributed by atoms with E-state index in [0.717, 1.165) is 5.56 Å². The van der Waals surface area contributed by atoms with E-state index < -0.39 is 10.0 Å². The highest BCUT2D eigenvalue weighted by Crippen LogP contribution is 2.29. The van der Waals surface area contributed by atoms with E-state index in [0.29, 0.717) is 54.1 Å². The molecule has 1 fully saturated rings. The molecule has 1 saturated heterocycles. The minimum atomic E-state index is -3.60. The van der Waals surface area contributed by atoms with Crippen molar-refractivity contribution in [3.63, 3.8) is 0 Å². The number of rotatable bonds is 6. The van der Waals surface area contributed by atoms with E-state index in [-0.39, 0.29) is 6.01 Å². The van der Waals surface area contributed by atoms with Crippen LogP contribution in [0.25, 0.3) is 0 Å². The zero-order chi connectivity index (χ0) is 21.2. The third-order valence-electron chi connectivity index (χ3n) is 4.93. The SMILES string of the molecule is COc1cc(N2CCN(S(=O)(=O)c3cc(C)c(OC)cc3C)CC2)nc(OC)n1. The van der Waals surface area contributed by atoms with Crippen molar-refractivity contribution in [3.05, 3.63) is 29.3 Å². The summed E-state index contributed by atoms with van der Waals surface area (Å²) < 4.78 is 43.5. The van der Waals surface area contributed by atoms with Crippen molar-refractivity contribution in [2.45, 2.75) is 18.7 Å². The smallest absolute Gasteiger partial charge is 0.321 e. The first-order valence-corrected chi connectivity index (χ1v) is 10.6. The molecule has 3 rings (SSSR count). The van der Waals surface area contributed by atoms with Gasteiger partial charge in [0.05, 0.1) is 26.2 Å². The number of sulfonamides is 1. The minimum absolute atomic E-state index is 0.207. The van der Waals surface area contributed by atoms with Crippen LogP contribution in [-0.4, -0.2) is 70.2 Å². The van der Waals surface area contributed by atoms with Gasteiger partial charge in [0.2, 0.25) is 15.9 Å². The Morgan fingerprint density at radius 1 is 0.862 bits per heavy atom. The summed E-state index contributed by atoms with van der Waals surface area (Å²) in [6, 6.07) is 5.36. The average molecular weight is 423 g/mol. The fraction of sp³-hybridized carbons (Fsp3) is 0.474. The second-order valence-corrected chi connectivity index (χ2v) is 8.64. The molecule has 1 aliphatic rings. The molecule has 29 heavy (non-hydrogen) atoms. The van der Waals surface area contributed by atoms with Crippen molar-refractivity contribution < 1.29 is 22.6 Å². The Labute approximate surface area is 171 Å². The second-order valence-electron chi connectivity index (χ2n) is 6.73. The molecule has 0 atom stereocenters. The lowest BCUT2D eigenvalue weighted by Gasteiger charge is -2.35. The van der Waals surface area contributed by atoms with Gasteiger partial charge in [0, 0.05) is 32.2 Å². The Morgan fingerprint density at radius 2 is 1.55 bits per heavy atom. The maximum absolute atomic E-state index is 13.2. The molecule has 9 nitrogen and oxygen atoms in total. The highest BCUT2D eigenvalue weighted by molar-refractivity contribution is 7.89. The number of nitrogens with zero attached hydrogens (tertiary/aromatic N) is 4. The predicted molar refractivity (Wildman–Crippen MR) is 109 cm³/mol. The van der Waals surface area contributed by atoms with Crippen LogP contribution in [0.15, 0.2) is 23.1 Å². The first kappa shape index (κ1) is 21.1. The Bertz CT molecular complexity index is 966. The molecule has 0 bridgehead atoms. The van der Waals surface area contributed by atoms with Crippen LogP contribution >= 0.6 is 0 Å². The standard InChI is InChI=1S/C19H26N4O5S/c1-13-11-16(14(2)10-15(13)26-3)29(24,25)23-8-6-22(7-9-23)17-12-18(27-4)21-19(20-17)28-5/h10-12H,6-9H2,1-5H3. The zero-order valence-corrected chi connectivity index (χ0v) is 18.1. The van der Waals surface area contributed by atoms with Gasteiger partial charge in [0.15, 0.2) is 0 Å². The van der Waals surface area contributed by atoms with Crippen LogP contribution in [0, 0.1) is 13.8 Å². The number of aryl methyl sites for hydroxylation is 2. The van der Waals surface area contributed by atoms with E-state index in [2.05, 4.69) is 9.97 Å². The maximum atomic E-state index is 13.2. The van der Waals surface area contributed by atoms with E-state index in [4.69, 9.17) is 14.2 Å². The lowest BCUT2D eigenvalue weighted by molar-refractivity contribution is 0.349. The second kappa shape index (κ2) is 8.42. The zero-order valence-electron chi connectivity index (χ0n) is 17.3. The number of ether oxygens (including phenoxy) is 3. The number of aromatic nitrogens is 2. The van der Waals surface area contributed by atoms with Crippen LogP contribution in [0.5, 0.6) is 17.6 Å². The third-order valence-corrected chi connectivity index (χ3v) is 6.97. The molecule has 2 aromatic rings. The van der Waals surface area contributed by atoms with Gasteiger partial charge in [-0.3, -0.25) is 0 Å². The number of piperazine rings is 1. The Hall–Kier alpha value is -2.59. The Kier molecular flexibility index (Phi) is 6.13. The van der Waals surface area contributed by atoms with Crippen LogP contribution < -0.4 is 19.1 Å². The maximum Gasteiger partial charge on any atom is 0.321 e. The lowest BCUT2D eigenvalue weighted by atomic mass is 10.1. The molecule has 0 spiro atoms. The van der Waals surface area contributed by atoms with Crippen LogP contribution in [0.3, 0.4) is 0 Å². The van der Waals surface area contributed by atoms with Gasteiger partial charge in [-0.1, -0.05) is 0 Å². The summed E-state index contributed by atoms with van der Waals surface area (Å²) in [6.07, 6.45) is 0. The largest absolute Gasteiger partial charge is 0.496 e.